The Morgan fingerprint density at radius 2 is 2.09 bits per heavy atom. The molecule has 0 fully saturated rings. The molecule has 130 valence electrons. The first kappa shape index (κ1) is 19.0. The summed E-state index contributed by atoms with van der Waals surface area (Å²) in [5.41, 5.74) is -0.381. The summed E-state index contributed by atoms with van der Waals surface area (Å²) < 4.78 is 1.56. The molecule has 0 spiro atoms. The average molecular weight is 327 g/mol. The topological polar surface area (TPSA) is 129 Å². The lowest BCUT2D eigenvalue weighted by Crippen LogP contribution is -2.45. The van der Waals surface area contributed by atoms with Crippen LogP contribution in [0.25, 0.3) is 0 Å². The molecule has 9 nitrogen and oxygen atoms in total. The molecule has 0 aromatic carbocycles. The lowest BCUT2D eigenvalue weighted by Gasteiger charge is -2.26. The molecule has 0 saturated heterocycles. The monoisotopic (exact) mass is 327 g/mol. The van der Waals surface area contributed by atoms with Gasteiger partial charge in [0.2, 0.25) is 11.8 Å². The highest BCUT2D eigenvalue weighted by molar-refractivity contribution is 5.81. The quantitative estimate of drug-likeness (QED) is 0.451. The van der Waals surface area contributed by atoms with Crippen molar-refractivity contribution >= 4 is 11.8 Å². The SMILES string of the molecule is CCC(=O)NCCn1cc(CNC(=O)[C@H](O)C(C)(C)CO)nn1. The number of aromatic nitrogens is 3. The van der Waals surface area contributed by atoms with E-state index in [0.29, 0.717) is 25.2 Å². The standard InChI is InChI=1S/C14H25N5O4/c1-4-11(21)15-5-6-19-8-10(17-18-19)7-16-13(23)12(22)14(2,3)9-20/h8,12,20,22H,4-7,9H2,1-3H3,(H,15,21)(H,16,23)/t12-/m0/s1. The van der Waals surface area contributed by atoms with Crippen LogP contribution in [0.3, 0.4) is 0 Å². The van der Waals surface area contributed by atoms with Gasteiger partial charge < -0.3 is 20.8 Å². The summed E-state index contributed by atoms with van der Waals surface area (Å²) in [5, 5.41) is 32.1. The normalized spacial score (nSPS) is 12.7. The van der Waals surface area contributed by atoms with Gasteiger partial charge in [-0.1, -0.05) is 26.0 Å². The third-order valence-corrected chi connectivity index (χ3v) is 3.41. The lowest BCUT2D eigenvalue weighted by atomic mass is 9.87. The average Bonchev–Trinajstić information content (AvgIpc) is 2.99. The number of nitrogens with one attached hydrogen (secondary N) is 2. The first-order valence-corrected chi connectivity index (χ1v) is 7.52. The highest BCUT2D eigenvalue weighted by Crippen LogP contribution is 2.19. The molecule has 1 atom stereocenters. The van der Waals surface area contributed by atoms with Gasteiger partial charge in [0.05, 0.1) is 25.9 Å². The Labute approximate surface area is 135 Å². The summed E-state index contributed by atoms with van der Waals surface area (Å²) in [6, 6.07) is 0. The van der Waals surface area contributed by atoms with Crippen LogP contribution in [0.4, 0.5) is 0 Å². The van der Waals surface area contributed by atoms with Crippen LogP contribution in [-0.4, -0.2) is 56.3 Å². The van der Waals surface area contributed by atoms with Crippen LogP contribution in [0, 0.1) is 5.41 Å². The van der Waals surface area contributed by atoms with Gasteiger partial charge in [0.25, 0.3) is 0 Å². The molecule has 2 amide bonds. The number of rotatable bonds is 9. The van der Waals surface area contributed by atoms with Crippen molar-refractivity contribution in [1.29, 1.82) is 0 Å². The molecule has 0 saturated carbocycles. The van der Waals surface area contributed by atoms with Gasteiger partial charge in [-0.2, -0.15) is 0 Å². The van der Waals surface area contributed by atoms with Crippen molar-refractivity contribution in [2.45, 2.75) is 46.4 Å². The van der Waals surface area contributed by atoms with E-state index >= 15 is 0 Å². The van der Waals surface area contributed by atoms with E-state index < -0.39 is 17.4 Å². The van der Waals surface area contributed by atoms with E-state index in [1.807, 2.05) is 0 Å². The highest BCUT2D eigenvalue weighted by atomic mass is 16.3. The fraction of sp³-hybridized carbons (Fsp3) is 0.714. The number of amides is 2. The van der Waals surface area contributed by atoms with Crippen molar-refractivity contribution in [3.63, 3.8) is 0 Å². The van der Waals surface area contributed by atoms with Gasteiger partial charge in [0.15, 0.2) is 0 Å². The molecule has 0 aliphatic heterocycles. The first-order chi connectivity index (χ1) is 10.8. The summed E-state index contributed by atoms with van der Waals surface area (Å²) >= 11 is 0. The summed E-state index contributed by atoms with van der Waals surface area (Å²) in [6.45, 7) is 5.71. The van der Waals surface area contributed by atoms with Crippen LogP contribution in [0.2, 0.25) is 0 Å². The van der Waals surface area contributed by atoms with E-state index in [-0.39, 0.29) is 19.1 Å². The molecule has 1 aromatic heterocycles. The second kappa shape index (κ2) is 8.59. The second-order valence-corrected chi connectivity index (χ2v) is 5.94. The zero-order chi connectivity index (χ0) is 17.5. The maximum Gasteiger partial charge on any atom is 0.249 e. The Balaban J connectivity index is 2.41. The molecule has 0 aliphatic carbocycles. The summed E-state index contributed by atoms with van der Waals surface area (Å²) in [5.74, 6) is -0.605. The van der Waals surface area contributed by atoms with Gasteiger partial charge in [-0.25, -0.2) is 0 Å². The molecule has 0 bridgehead atoms. The molecule has 1 heterocycles. The number of hydrogen-bond acceptors (Lipinski definition) is 6. The number of nitrogens with zero attached hydrogens (tertiary/aromatic N) is 3. The third kappa shape index (κ3) is 5.95. The van der Waals surface area contributed by atoms with Gasteiger partial charge in [-0.05, 0) is 0 Å². The molecule has 1 rings (SSSR count). The van der Waals surface area contributed by atoms with Gasteiger partial charge in [-0.15, -0.1) is 5.10 Å². The van der Waals surface area contributed by atoms with Gasteiger partial charge >= 0.3 is 0 Å². The fourth-order valence-electron chi connectivity index (χ4n) is 1.68. The number of aliphatic hydroxyl groups excluding tert-OH is 2. The van der Waals surface area contributed by atoms with Crippen LogP contribution in [0.1, 0.15) is 32.9 Å². The molecule has 9 heteroatoms. The Kier molecular flexibility index (Phi) is 7.11. The summed E-state index contributed by atoms with van der Waals surface area (Å²) in [4.78, 5) is 22.9. The fourth-order valence-corrected chi connectivity index (χ4v) is 1.68. The van der Waals surface area contributed by atoms with E-state index in [9.17, 15) is 14.7 Å². The molecule has 0 radical (unpaired) electrons. The van der Waals surface area contributed by atoms with E-state index in [4.69, 9.17) is 5.11 Å². The molecular formula is C14H25N5O4. The van der Waals surface area contributed by atoms with E-state index in [2.05, 4.69) is 20.9 Å². The minimum atomic E-state index is -1.31. The van der Waals surface area contributed by atoms with Crippen molar-refractivity contribution in [3.8, 4) is 0 Å². The molecule has 23 heavy (non-hydrogen) atoms. The van der Waals surface area contributed by atoms with Gasteiger partial charge in [0, 0.05) is 18.4 Å². The Morgan fingerprint density at radius 1 is 1.39 bits per heavy atom. The zero-order valence-corrected chi connectivity index (χ0v) is 13.7. The third-order valence-electron chi connectivity index (χ3n) is 3.41. The van der Waals surface area contributed by atoms with Crippen molar-refractivity contribution in [2.24, 2.45) is 5.41 Å². The van der Waals surface area contributed by atoms with Crippen LogP contribution in [0.5, 0.6) is 0 Å². The predicted molar refractivity (Wildman–Crippen MR) is 82.0 cm³/mol. The van der Waals surface area contributed by atoms with Crippen molar-refractivity contribution in [1.82, 2.24) is 25.6 Å². The minimum Gasteiger partial charge on any atom is -0.396 e. The first-order valence-electron chi connectivity index (χ1n) is 7.52. The Bertz CT molecular complexity index is 529. The Hall–Kier alpha value is -2.00. The van der Waals surface area contributed by atoms with E-state index in [0.717, 1.165) is 0 Å². The van der Waals surface area contributed by atoms with Crippen molar-refractivity contribution in [2.75, 3.05) is 13.2 Å². The number of hydrogen-bond donors (Lipinski definition) is 4. The second-order valence-electron chi connectivity index (χ2n) is 5.94. The van der Waals surface area contributed by atoms with Gasteiger partial charge in [-0.3, -0.25) is 14.3 Å². The van der Waals surface area contributed by atoms with Crippen LogP contribution >= 0.6 is 0 Å². The molecule has 0 unspecified atom stereocenters. The smallest absolute Gasteiger partial charge is 0.249 e. The van der Waals surface area contributed by atoms with Crippen LogP contribution < -0.4 is 10.6 Å². The number of carbonyl (C=O) groups is 2. The van der Waals surface area contributed by atoms with Crippen LogP contribution in [0.15, 0.2) is 6.20 Å². The van der Waals surface area contributed by atoms with Crippen LogP contribution in [-0.2, 0) is 22.7 Å². The minimum absolute atomic E-state index is 0.0295. The van der Waals surface area contributed by atoms with E-state index in [1.165, 1.54) is 0 Å². The highest BCUT2D eigenvalue weighted by Gasteiger charge is 2.32. The predicted octanol–water partition coefficient (Wildman–Crippen LogP) is -1.20. The van der Waals surface area contributed by atoms with Crippen molar-refractivity contribution < 1.29 is 19.8 Å². The maximum atomic E-state index is 11.8. The molecule has 4 N–H and O–H groups in total. The zero-order valence-electron chi connectivity index (χ0n) is 13.7. The Morgan fingerprint density at radius 3 is 2.70 bits per heavy atom. The maximum absolute atomic E-state index is 11.8. The molecule has 0 aliphatic rings. The number of carbonyl (C=O) groups excluding carboxylic acids is 2. The summed E-state index contributed by atoms with van der Waals surface area (Å²) in [6.07, 6.45) is 0.773. The molecular weight excluding hydrogens is 302 g/mol. The van der Waals surface area contributed by atoms with E-state index in [1.54, 1.807) is 31.6 Å². The molecule has 1 aromatic rings. The summed E-state index contributed by atoms with van der Waals surface area (Å²) in [7, 11) is 0. The van der Waals surface area contributed by atoms with Crippen molar-refractivity contribution in [3.05, 3.63) is 11.9 Å². The number of aliphatic hydroxyl groups is 2. The van der Waals surface area contributed by atoms with Gasteiger partial charge in [0.1, 0.15) is 11.8 Å². The largest absolute Gasteiger partial charge is 0.396 e. The lowest BCUT2D eigenvalue weighted by molar-refractivity contribution is -0.137.